The summed E-state index contributed by atoms with van der Waals surface area (Å²) in [5.74, 6) is -0.862. The molecule has 20 heavy (non-hydrogen) atoms. The van der Waals surface area contributed by atoms with E-state index < -0.39 is 5.97 Å². The van der Waals surface area contributed by atoms with E-state index in [1.54, 1.807) is 16.6 Å². The molecule has 1 aliphatic heterocycles. The number of piperazine rings is 1. The van der Waals surface area contributed by atoms with Crippen molar-refractivity contribution in [3.05, 3.63) is 17.5 Å². The Kier molecular flexibility index (Phi) is 4.39. The van der Waals surface area contributed by atoms with Crippen molar-refractivity contribution in [1.82, 2.24) is 19.6 Å². The number of aryl methyl sites for hydroxylation is 2. The number of carbonyl (C=O) groups excluding carboxylic acids is 1. The molecular formula is C13H20N4O3. The zero-order valence-electron chi connectivity index (χ0n) is 11.9. The lowest BCUT2D eigenvalue weighted by molar-refractivity contribution is -0.138. The van der Waals surface area contributed by atoms with E-state index in [2.05, 4.69) is 5.10 Å². The Morgan fingerprint density at radius 3 is 2.45 bits per heavy atom. The number of carboxylic acids is 1. The topological polar surface area (TPSA) is 78.7 Å². The van der Waals surface area contributed by atoms with Crippen molar-refractivity contribution in [2.24, 2.45) is 7.05 Å². The van der Waals surface area contributed by atoms with E-state index in [9.17, 15) is 9.59 Å². The molecule has 7 heteroatoms. The molecule has 2 rings (SSSR count). The number of amides is 1. The minimum Gasteiger partial charge on any atom is -0.480 e. The van der Waals surface area contributed by atoms with Crippen LogP contribution >= 0.6 is 0 Å². The maximum absolute atomic E-state index is 12.4. The summed E-state index contributed by atoms with van der Waals surface area (Å²) in [6.07, 6.45) is 0.799. The van der Waals surface area contributed by atoms with Crippen LogP contribution in [-0.2, 0) is 18.3 Å². The number of carboxylic acid groups (broad SMARTS) is 1. The first-order valence-electron chi connectivity index (χ1n) is 6.77. The Labute approximate surface area is 117 Å². The van der Waals surface area contributed by atoms with Gasteiger partial charge in [0.15, 0.2) is 0 Å². The second kappa shape index (κ2) is 6.04. The minimum absolute atomic E-state index is 0.0327. The van der Waals surface area contributed by atoms with Crippen LogP contribution in [-0.4, -0.2) is 69.3 Å². The Morgan fingerprint density at radius 1 is 1.30 bits per heavy atom. The van der Waals surface area contributed by atoms with Gasteiger partial charge < -0.3 is 10.0 Å². The van der Waals surface area contributed by atoms with Crippen LogP contribution in [0.15, 0.2) is 6.07 Å². The highest BCUT2D eigenvalue weighted by Gasteiger charge is 2.25. The maximum atomic E-state index is 12.4. The molecule has 1 aromatic heterocycles. The van der Waals surface area contributed by atoms with E-state index in [1.165, 1.54) is 0 Å². The second-order valence-electron chi connectivity index (χ2n) is 4.96. The van der Waals surface area contributed by atoms with E-state index in [0.717, 1.165) is 12.1 Å². The molecule has 0 aromatic carbocycles. The number of rotatable bonds is 4. The van der Waals surface area contributed by atoms with Crippen molar-refractivity contribution in [2.75, 3.05) is 32.7 Å². The Bertz CT molecular complexity index is 504. The predicted molar refractivity (Wildman–Crippen MR) is 72.6 cm³/mol. The second-order valence-corrected chi connectivity index (χ2v) is 4.96. The molecule has 0 aliphatic carbocycles. The van der Waals surface area contributed by atoms with Gasteiger partial charge in [0.05, 0.1) is 12.2 Å². The van der Waals surface area contributed by atoms with Crippen molar-refractivity contribution < 1.29 is 14.7 Å². The number of carbonyl (C=O) groups is 2. The van der Waals surface area contributed by atoms with Gasteiger partial charge in [-0.05, 0) is 12.5 Å². The highest BCUT2D eigenvalue weighted by atomic mass is 16.4. The number of hydrogen-bond donors (Lipinski definition) is 1. The Balaban J connectivity index is 1.97. The largest absolute Gasteiger partial charge is 0.480 e. The van der Waals surface area contributed by atoms with Gasteiger partial charge in [0.1, 0.15) is 5.69 Å². The Morgan fingerprint density at radius 2 is 1.95 bits per heavy atom. The van der Waals surface area contributed by atoms with Gasteiger partial charge in [-0.3, -0.25) is 19.2 Å². The first-order valence-corrected chi connectivity index (χ1v) is 6.77. The molecule has 0 spiro atoms. The maximum Gasteiger partial charge on any atom is 0.317 e. The summed E-state index contributed by atoms with van der Waals surface area (Å²) in [5.41, 5.74) is 1.49. The van der Waals surface area contributed by atoms with Crippen LogP contribution < -0.4 is 0 Å². The summed E-state index contributed by atoms with van der Waals surface area (Å²) >= 11 is 0. The zero-order chi connectivity index (χ0) is 14.7. The van der Waals surface area contributed by atoms with Crippen molar-refractivity contribution in [3.8, 4) is 0 Å². The lowest BCUT2D eigenvalue weighted by Gasteiger charge is -2.33. The summed E-state index contributed by atoms with van der Waals surface area (Å²) in [4.78, 5) is 26.7. The molecule has 1 aromatic rings. The van der Waals surface area contributed by atoms with Crippen molar-refractivity contribution in [3.63, 3.8) is 0 Å². The third-order valence-electron chi connectivity index (χ3n) is 3.53. The van der Waals surface area contributed by atoms with Gasteiger partial charge in [0.2, 0.25) is 0 Å². The Hall–Kier alpha value is -1.89. The van der Waals surface area contributed by atoms with Crippen LogP contribution in [0.3, 0.4) is 0 Å². The van der Waals surface area contributed by atoms with E-state index in [1.807, 2.05) is 17.9 Å². The molecule has 2 heterocycles. The molecule has 0 atom stereocenters. The van der Waals surface area contributed by atoms with Crippen LogP contribution in [0.2, 0.25) is 0 Å². The van der Waals surface area contributed by atoms with Gasteiger partial charge in [-0.25, -0.2) is 0 Å². The molecule has 1 N–H and O–H groups in total. The van der Waals surface area contributed by atoms with E-state index in [0.29, 0.717) is 31.9 Å². The van der Waals surface area contributed by atoms with Crippen molar-refractivity contribution >= 4 is 11.9 Å². The molecular weight excluding hydrogens is 260 g/mol. The van der Waals surface area contributed by atoms with Crippen LogP contribution in [0.1, 0.15) is 23.1 Å². The first-order chi connectivity index (χ1) is 9.51. The highest BCUT2D eigenvalue weighted by molar-refractivity contribution is 5.92. The third-order valence-corrected chi connectivity index (χ3v) is 3.53. The summed E-state index contributed by atoms with van der Waals surface area (Å²) < 4.78 is 1.62. The SMILES string of the molecule is CCc1cc(C(=O)N2CCN(CC(=O)O)CC2)n(C)n1. The fraction of sp³-hybridized carbons (Fsp3) is 0.615. The summed E-state index contributed by atoms with van der Waals surface area (Å²) in [6, 6.07) is 1.83. The fourth-order valence-corrected chi connectivity index (χ4v) is 2.36. The molecule has 1 fully saturated rings. The zero-order valence-corrected chi connectivity index (χ0v) is 11.9. The quantitative estimate of drug-likeness (QED) is 0.828. The standard InChI is InChI=1S/C13H20N4O3/c1-3-10-8-11(15(2)14-10)13(20)17-6-4-16(5-7-17)9-12(18)19/h8H,3-7,9H2,1-2H3,(H,18,19). The van der Waals surface area contributed by atoms with Crippen LogP contribution in [0.4, 0.5) is 0 Å². The molecule has 110 valence electrons. The first kappa shape index (κ1) is 14.5. The highest BCUT2D eigenvalue weighted by Crippen LogP contribution is 2.10. The monoisotopic (exact) mass is 280 g/mol. The van der Waals surface area contributed by atoms with Crippen LogP contribution in [0.5, 0.6) is 0 Å². The van der Waals surface area contributed by atoms with Crippen LogP contribution in [0.25, 0.3) is 0 Å². The van der Waals surface area contributed by atoms with Gasteiger partial charge >= 0.3 is 5.97 Å². The van der Waals surface area contributed by atoms with E-state index in [-0.39, 0.29) is 12.5 Å². The smallest absolute Gasteiger partial charge is 0.317 e. The lowest BCUT2D eigenvalue weighted by atomic mass is 10.2. The molecule has 7 nitrogen and oxygen atoms in total. The normalized spacial score (nSPS) is 16.4. The predicted octanol–water partition coefficient (Wildman–Crippen LogP) is -0.175. The number of aliphatic carboxylic acids is 1. The summed E-state index contributed by atoms with van der Waals surface area (Å²) in [5, 5.41) is 13.0. The number of hydrogen-bond acceptors (Lipinski definition) is 4. The molecule has 1 amide bonds. The van der Waals surface area contributed by atoms with Gasteiger partial charge in [-0.1, -0.05) is 6.92 Å². The minimum atomic E-state index is -0.830. The van der Waals surface area contributed by atoms with Gasteiger partial charge in [0, 0.05) is 33.2 Å². The summed E-state index contributed by atoms with van der Waals surface area (Å²) in [6.45, 7) is 4.33. The molecule has 0 unspecified atom stereocenters. The number of aromatic nitrogens is 2. The summed E-state index contributed by atoms with van der Waals surface area (Å²) in [7, 11) is 1.77. The number of nitrogens with zero attached hydrogens (tertiary/aromatic N) is 4. The van der Waals surface area contributed by atoms with Gasteiger partial charge in [-0.2, -0.15) is 5.10 Å². The molecule has 1 saturated heterocycles. The van der Waals surface area contributed by atoms with Crippen molar-refractivity contribution in [2.45, 2.75) is 13.3 Å². The van der Waals surface area contributed by atoms with Gasteiger partial charge in [-0.15, -0.1) is 0 Å². The third kappa shape index (κ3) is 3.16. The fourth-order valence-electron chi connectivity index (χ4n) is 2.36. The van der Waals surface area contributed by atoms with Gasteiger partial charge in [0.25, 0.3) is 5.91 Å². The van der Waals surface area contributed by atoms with Crippen LogP contribution in [0, 0.1) is 0 Å². The average Bonchev–Trinajstić information content (AvgIpc) is 2.79. The van der Waals surface area contributed by atoms with E-state index >= 15 is 0 Å². The molecule has 0 radical (unpaired) electrons. The van der Waals surface area contributed by atoms with E-state index in [4.69, 9.17) is 5.11 Å². The van der Waals surface area contributed by atoms with Crippen molar-refractivity contribution in [1.29, 1.82) is 0 Å². The average molecular weight is 280 g/mol. The molecule has 0 saturated carbocycles. The molecule has 0 bridgehead atoms. The molecule has 1 aliphatic rings. The lowest BCUT2D eigenvalue weighted by Crippen LogP contribution is -2.50.